The molecule has 25 heavy (non-hydrogen) atoms. The molecule has 1 heterocycles. The molecule has 0 aliphatic carbocycles. The van der Waals surface area contributed by atoms with Crippen LogP contribution >= 0.6 is 0 Å². The van der Waals surface area contributed by atoms with E-state index in [0.717, 1.165) is 39.3 Å². The van der Waals surface area contributed by atoms with Gasteiger partial charge in [0.25, 0.3) is 0 Å². The van der Waals surface area contributed by atoms with E-state index in [1.165, 1.54) is 6.07 Å². The summed E-state index contributed by atoms with van der Waals surface area (Å²) >= 11 is 0. The van der Waals surface area contributed by atoms with Crippen molar-refractivity contribution in [2.75, 3.05) is 13.7 Å². The lowest BCUT2D eigenvalue weighted by Crippen LogP contribution is -1.97. The van der Waals surface area contributed by atoms with Gasteiger partial charge in [0.15, 0.2) is 0 Å². The summed E-state index contributed by atoms with van der Waals surface area (Å²) in [6.07, 6.45) is 0. The standard InChI is InChI=1S/C22H17FO2/c1-24-18-10-7-16(8-11-18)22(15-5-3-2-4-6-15)20-14-25-21-12-9-17(23)13-19(20)21/h2-13H,14H2,1H3/b22-20+. The van der Waals surface area contributed by atoms with E-state index in [9.17, 15) is 4.39 Å². The molecule has 0 N–H and O–H groups in total. The maximum atomic E-state index is 13.8. The van der Waals surface area contributed by atoms with Crippen LogP contribution in [-0.4, -0.2) is 13.7 Å². The molecule has 1 aliphatic rings. The Morgan fingerprint density at radius 3 is 2.36 bits per heavy atom. The Bertz CT molecular complexity index is 928. The second-order valence-corrected chi connectivity index (χ2v) is 5.88. The number of rotatable bonds is 3. The lowest BCUT2D eigenvalue weighted by molar-refractivity contribution is 0.388. The fourth-order valence-corrected chi connectivity index (χ4v) is 3.18. The molecule has 0 unspecified atom stereocenters. The topological polar surface area (TPSA) is 18.5 Å². The highest BCUT2D eigenvalue weighted by atomic mass is 19.1. The Morgan fingerprint density at radius 1 is 0.920 bits per heavy atom. The molecule has 2 nitrogen and oxygen atoms in total. The first-order valence-corrected chi connectivity index (χ1v) is 8.12. The van der Waals surface area contributed by atoms with Gasteiger partial charge in [0.05, 0.1) is 7.11 Å². The summed E-state index contributed by atoms with van der Waals surface area (Å²) < 4.78 is 24.9. The fourth-order valence-electron chi connectivity index (χ4n) is 3.18. The molecule has 124 valence electrons. The van der Waals surface area contributed by atoms with Crippen molar-refractivity contribution in [3.05, 3.63) is 95.3 Å². The van der Waals surface area contributed by atoms with Gasteiger partial charge in [0.1, 0.15) is 23.9 Å². The second kappa shape index (κ2) is 6.44. The van der Waals surface area contributed by atoms with E-state index in [4.69, 9.17) is 9.47 Å². The molecule has 0 spiro atoms. The van der Waals surface area contributed by atoms with Crippen LogP contribution in [-0.2, 0) is 0 Å². The highest BCUT2D eigenvalue weighted by molar-refractivity contribution is 6.01. The van der Waals surface area contributed by atoms with Gasteiger partial charge >= 0.3 is 0 Å². The van der Waals surface area contributed by atoms with E-state index in [-0.39, 0.29) is 5.82 Å². The molecular formula is C22H17FO2. The van der Waals surface area contributed by atoms with Crippen LogP contribution in [0.2, 0.25) is 0 Å². The van der Waals surface area contributed by atoms with Crippen LogP contribution in [0.5, 0.6) is 11.5 Å². The zero-order valence-corrected chi connectivity index (χ0v) is 13.8. The van der Waals surface area contributed by atoms with Crippen LogP contribution in [0.3, 0.4) is 0 Å². The van der Waals surface area contributed by atoms with Gasteiger partial charge in [-0.3, -0.25) is 0 Å². The third kappa shape index (κ3) is 2.89. The zero-order chi connectivity index (χ0) is 17.2. The average Bonchev–Trinajstić information content (AvgIpc) is 3.06. The fraction of sp³-hybridized carbons (Fsp3) is 0.0909. The zero-order valence-electron chi connectivity index (χ0n) is 13.8. The minimum atomic E-state index is -0.260. The van der Waals surface area contributed by atoms with Gasteiger partial charge in [-0.1, -0.05) is 42.5 Å². The van der Waals surface area contributed by atoms with Crippen LogP contribution < -0.4 is 9.47 Å². The molecule has 0 radical (unpaired) electrons. The van der Waals surface area contributed by atoms with Crippen molar-refractivity contribution >= 4 is 11.1 Å². The molecule has 0 saturated carbocycles. The summed E-state index contributed by atoms with van der Waals surface area (Å²) in [6, 6.07) is 22.7. The normalized spacial score (nSPS) is 14.6. The molecule has 3 aromatic carbocycles. The predicted molar refractivity (Wildman–Crippen MR) is 97.2 cm³/mol. The number of ether oxygens (including phenoxy) is 2. The molecule has 0 atom stereocenters. The van der Waals surface area contributed by atoms with Gasteiger partial charge < -0.3 is 9.47 Å². The Hall–Kier alpha value is -3.07. The monoisotopic (exact) mass is 332 g/mol. The number of halogens is 1. The van der Waals surface area contributed by atoms with Crippen molar-refractivity contribution in [1.82, 2.24) is 0 Å². The highest BCUT2D eigenvalue weighted by Gasteiger charge is 2.23. The Morgan fingerprint density at radius 2 is 1.64 bits per heavy atom. The summed E-state index contributed by atoms with van der Waals surface area (Å²) in [6.45, 7) is 0.426. The molecule has 4 rings (SSSR count). The van der Waals surface area contributed by atoms with Crippen LogP contribution in [0.15, 0.2) is 72.8 Å². The number of benzene rings is 3. The summed E-state index contributed by atoms with van der Waals surface area (Å²) in [7, 11) is 1.65. The summed E-state index contributed by atoms with van der Waals surface area (Å²) in [5.41, 5.74) is 4.97. The number of methoxy groups -OCH3 is 1. The maximum Gasteiger partial charge on any atom is 0.127 e. The molecule has 0 amide bonds. The molecule has 3 heteroatoms. The summed E-state index contributed by atoms with van der Waals surface area (Å²) in [5.74, 6) is 1.26. The van der Waals surface area contributed by atoms with Gasteiger partial charge in [0, 0.05) is 11.1 Å². The van der Waals surface area contributed by atoms with Gasteiger partial charge in [0.2, 0.25) is 0 Å². The van der Waals surface area contributed by atoms with Gasteiger partial charge in [-0.25, -0.2) is 4.39 Å². The first-order valence-electron chi connectivity index (χ1n) is 8.12. The molecule has 0 aromatic heterocycles. The van der Waals surface area contributed by atoms with Gasteiger partial charge in [-0.2, -0.15) is 0 Å². The maximum absolute atomic E-state index is 13.8. The molecule has 0 saturated heterocycles. The largest absolute Gasteiger partial charge is 0.497 e. The summed E-state index contributed by atoms with van der Waals surface area (Å²) in [4.78, 5) is 0. The van der Waals surface area contributed by atoms with Crippen molar-refractivity contribution in [2.24, 2.45) is 0 Å². The lowest BCUT2D eigenvalue weighted by atomic mass is 9.90. The van der Waals surface area contributed by atoms with Crippen molar-refractivity contribution in [3.63, 3.8) is 0 Å². The second-order valence-electron chi connectivity index (χ2n) is 5.88. The smallest absolute Gasteiger partial charge is 0.127 e. The van der Waals surface area contributed by atoms with Crippen molar-refractivity contribution in [3.8, 4) is 11.5 Å². The third-order valence-corrected chi connectivity index (χ3v) is 4.38. The number of fused-ring (bicyclic) bond motifs is 1. The average molecular weight is 332 g/mol. The molecule has 0 fully saturated rings. The van der Waals surface area contributed by atoms with Crippen LogP contribution in [0.4, 0.5) is 4.39 Å². The quantitative estimate of drug-likeness (QED) is 0.657. The lowest BCUT2D eigenvalue weighted by Gasteiger charge is -2.13. The minimum absolute atomic E-state index is 0.260. The van der Waals surface area contributed by atoms with Crippen molar-refractivity contribution < 1.29 is 13.9 Å². The Labute approximate surface area is 146 Å². The predicted octanol–water partition coefficient (Wildman–Crippen LogP) is 5.19. The van der Waals surface area contributed by atoms with E-state index in [0.29, 0.717) is 6.61 Å². The molecule has 0 bridgehead atoms. The van der Waals surface area contributed by atoms with Crippen molar-refractivity contribution in [2.45, 2.75) is 0 Å². The van der Waals surface area contributed by atoms with Crippen LogP contribution in [0.1, 0.15) is 16.7 Å². The Balaban J connectivity index is 1.95. The SMILES string of the molecule is COc1ccc(/C(=C2\COc3ccc(F)cc32)c2ccccc2)cc1. The van der Waals surface area contributed by atoms with Crippen molar-refractivity contribution in [1.29, 1.82) is 0 Å². The molecular weight excluding hydrogens is 315 g/mol. The van der Waals surface area contributed by atoms with Crippen LogP contribution in [0.25, 0.3) is 11.1 Å². The third-order valence-electron chi connectivity index (χ3n) is 4.38. The van der Waals surface area contributed by atoms with E-state index in [2.05, 4.69) is 12.1 Å². The highest BCUT2D eigenvalue weighted by Crippen LogP contribution is 2.41. The first kappa shape index (κ1) is 15.5. The number of hydrogen-bond acceptors (Lipinski definition) is 2. The van der Waals surface area contributed by atoms with Gasteiger partial charge in [-0.15, -0.1) is 0 Å². The van der Waals surface area contributed by atoms with Crippen LogP contribution in [0, 0.1) is 5.82 Å². The molecule has 1 aliphatic heterocycles. The minimum Gasteiger partial charge on any atom is -0.497 e. The number of hydrogen-bond donors (Lipinski definition) is 0. The van der Waals surface area contributed by atoms with E-state index in [1.807, 2.05) is 42.5 Å². The first-order chi connectivity index (χ1) is 12.3. The summed E-state index contributed by atoms with van der Waals surface area (Å²) in [5, 5.41) is 0. The molecule has 3 aromatic rings. The Kier molecular flexibility index (Phi) is 3.98. The van der Waals surface area contributed by atoms with E-state index in [1.54, 1.807) is 19.2 Å². The van der Waals surface area contributed by atoms with Gasteiger partial charge in [-0.05, 0) is 47.0 Å². The van der Waals surface area contributed by atoms with E-state index >= 15 is 0 Å². The van der Waals surface area contributed by atoms with E-state index < -0.39 is 0 Å².